The molecule has 0 radical (unpaired) electrons. The maximum absolute atomic E-state index is 13.3. The van der Waals surface area contributed by atoms with Crippen LogP contribution >= 0.6 is 7.14 Å². The van der Waals surface area contributed by atoms with E-state index in [1.54, 1.807) is 24.3 Å². The van der Waals surface area contributed by atoms with Crippen molar-refractivity contribution in [2.45, 2.75) is 6.42 Å². The maximum atomic E-state index is 13.3. The Morgan fingerprint density at radius 3 is 2.05 bits per heavy atom. The van der Waals surface area contributed by atoms with Crippen LogP contribution in [0.3, 0.4) is 0 Å². The predicted octanol–water partition coefficient (Wildman–Crippen LogP) is 2.79. The molecule has 4 heteroatoms. The van der Waals surface area contributed by atoms with Gasteiger partial charge >= 0.3 is 0 Å². The van der Waals surface area contributed by atoms with Gasteiger partial charge < -0.3 is 4.57 Å². The lowest BCUT2D eigenvalue weighted by atomic mass is 10.2. The summed E-state index contributed by atoms with van der Waals surface area (Å²) in [6, 6.07) is 20.1. The molecule has 0 fully saturated rings. The van der Waals surface area contributed by atoms with E-state index < -0.39 is 7.14 Å². The number of nitriles is 2. The molecule has 1 unspecified atom stereocenters. The lowest BCUT2D eigenvalue weighted by Gasteiger charge is -2.18. The first-order valence-electron chi connectivity index (χ1n) is 6.23. The number of rotatable bonds is 4. The molecule has 2 aromatic carbocycles. The molecule has 0 saturated carbocycles. The van der Waals surface area contributed by atoms with E-state index in [2.05, 4.69) is 6.07 Å². The molecule has 0 aliphatic rings. The summed E-state index contributed by atoms with van der Waals surface area (Å²) >= 11 is 0. The monoisotopic (exact) mass is 280 g/mol. The zero-order chi connectivity index (χ0) is 14.4. The van der Waals surface area contributed by atoms with Crippen molar-refractivity contribution in [3.8, 4) is 12.1 Å². The lowest BCUT2D eigenvalue weighted by molar-refractivity contribution is 0.587. The second kappa shape index (κ2) is 6.20. The van der Waals surface area contributed by atoms with Crippen LogP contribution in [0.15, 0.2) is 54.6 Å². The minimum absolute atomic E-state index is 0.242. The Labute approximate surface area is 118 Å². The van der Waals surface area contributed by atoms with E-state index in [4.69, 9.17) is 10.5 Å². The Hall–Kier alpha value is -2.35. The summed E-state index contributed by atoms with van der Waals surface area (Å²) < 4.78 is 13.3. The quantitative estimate of drug-likeness (QED) is 0.809. The van der Waals surface area contributed by atoms with Crippen LogP contribution in [0.5, 0.6) is 0 Å². The smallest absolute Gasteiger partial charge is 0.144 e. The Morgan fingerprint density at radius 1 is 0.900 bits per heavy atom. The highest BCUT2D eigenvalue weighted by molar-refractivity contribution is 7.78. The van der Waals surface area contributed by atoms with Crippen LogP contribution in [0.2, 0.25) is 0 Å². The van der Waals surface area contributed by atoms with E-state index >= 15 is 0 Å². The average Bonchev–Trinajstić information content (AvgIpc) is 2.53. The van der Waals surface area contributed by atoms with E-state index in [1.807, 2.05) is 36.4 Å². The molecule has 2 aromatic rings. The second-order valence-corrected chi connectivity index (χ2v) is 7.33. The molecule has 0 N–H and O–H groups in total. The molecule has 98 valence electrons. The summed E-state index contributed by atoms with van der Waals surface area (Å²) in [5, 5.41) is 19.1. The molecule has 1 atom stereocenters. The Kier molecular flexibility index (Phi) is 4.36. The highest BCUT2D eigenvalue weighted by atomic mass is 31.2. The number of hydrogen-bond donors (Lipinski definition) is 0. The minimum atomic E-state index is -2.80. The molecular weight excluding hydrogens is 267 g/mol. The Balaban J connectivity index is 2.50. The summed E-state index contributed by atoms with van der Waals surface area (Å²) in [5.41, 5.74) is 0.536. The molecule has 0 heterocycles. The topological polar surface area (TPSA) is 64.7 Å². The van der Waals surface area contributed by atoms with E-state index in [9.17, 15) is 4.57 Å². The summed E-state index contributed by atoms with van der Waals surface area (Å²) in [7, 11) is -2.80. The zero-order valence-electron chi connectivity index (χ0n) is 10.9. The molecule has 20 heavy (non-hydrogen) atoms. The van der Waals surface area contributed by atoms with Gasteiger partial charge in [0.1, 0.15) is 7.14 Å². The van der Waals surface area contributed by atoms with Crippen LogP contribution in [-0.2, 0) is 4.57 Å². The van der Waals surface area contributed by atoms with Crippen molar-refractivity contribution in [2.24, 2.45) is 0 Å². The van der Waals surface area contributed by atoms with Gasteiger partial charge in [-0.2, -0.15) is 10.5 Å². The van der Waals surface area contributed by atoms with Gasteiger partial charge in [0.25, 0.3) is 0 Å². The van der Waals surface area contributed by atoms with E-state index in [-0.39, 0.29) is 6.42 Å². The van der Waals surface area contributed by atoms with E-state index in [1.165, 1.54) is 0 Å². The van der Waals surface area contributed by atoms with Crippen molar-refractivity contribution in [1.29, 1.82) is 10.5 Å². The van der Waals surface area contributed by atoms with Crippen LogP contribution in [-0.4, -0.2) is 6.16 Å². The van der Waals surface area contributed by atoms with Crippen molar-refractivity contribution >= 4 is 17.8 Å². The summed E-state index contributed by atoms with van der Waals surface area (Å²) in [6.45, 7) is 0. The zero-order valence-corrected chi connectivity index (χ0v) is 11.8. The molecule has 0 bridgehead atoms. The van der Waals surface area contributed by atoms with Gasteiger partial charge in [-0.3, -0.25) is 0 Å². The van der Waals surface area contributed by atoms with Crippen molar-refractivity contribution < 1.29 is 4.57 Å². The van der Waals surface area contributed by atoms with E-state index in [0.29, 0.717) is 17.0 Å². The maximum Gasteiger partial charge on any atom is 0.144 e. The third-order valence-electron chi connectivity index (χ3n) is 3.13. The van der Waals surface area contributed by atoms with Gasteiger partial charge in [-0.25, -0.2) is 0 Å². The molecule has 0 aliphatic heterocycles. The van der Waals surface area contributed by atoms with Gasteiger partial charge in [0, 0.05) is 23.2 Å². The SMILES string of the molecule is N#CCCP(=O)(c1ccccc1)c1ccc(C#N)cc1. The molecule has 0 spiro atoms. The number of hydrogen-bond acceptors (Lipinski definition) is 3. The molecule has 0 aromatic heterocycles. The molecular formula is C16H13N2OP. The molecule has 3 nitrogen and oxygen atoms in total. The molecule has 0 amide bonds. The average molecular weight is 280 g/mol. The largest absolute Gasteiger partial charge is 0.314 e. The lowest BCUT2D eigenvalue weighted by Crippen LogP contribution is -2.18. The van der Waals surface area contributed by atoms with Gasteiger partial charge in [0.15, 0.2) is 0 Å². The standard InChI is InChI=1S/C16H13N2OP/c17-11-4-12-20(19,15-5-2-1-3-6-15)16-9-7-14(13-18)8-10-16/h1-3,5-10H,4,12H2. The van der Waals surface area contributed by atoms with E-state index in [0.717, 1.165) is 5.30 Å². The van der Waals surface area contributed by atoms with Crippen LogP contribution in [0.1, 0.15) is 12.0 Å². The summed E-state index contributed by atoms with van der Waals surface area (Å²) in [4.78, 5) is 0. The van der Waals surface area contributed by atoms with Crippen LogP contribution in [0.25, 0.3) is 0 Å². The van der Waals surface area contributed by atoms with Crippen LogP contribution in [0.4, 0.5) is 0 Å². The van der Waals surface area contributed by atoms with Gasteiger partial charge in [-0.1, -0.05) is 30.3 Å². The first-order valence-corrected chi connectivity index (χ1v) is 8.12. The van der Waals surface area contributed by atoms with Gasteiger partial charge in [-0.05, 0) is 24.3 Å². The number of benzene rings is 2. The highest BCUT2D eigenvalue weighted by Crippen LogP contribution is 2.43. The molecule has 0 saturated heterocycles. The fourth-order valence-electron chi connectivity index (χ4n) is 2.06. The Bertz CT molecular complexity index is 709. The van der Waals surface area contributed by atoms with Crippen LogP contribution < -0.4 is 10.6 Å². The molecule has 2 rings (SSSR count). The predicted molar refractivity (Wildman–Crippen MR) is 79.6 cm³/mol. The van der Waals surface area contributed by atoms with Gasteiger partial charge in [0.05, 0.1) is 17.7 Å². The first kappa shape index (κ1) is 14.1. The third kappa shape index (κ3) is 2.80. The summed E-state index contributed by atoms with van der Waals surface area (Å²) in [5.74, 6) is 0. The normalized spacial score (nSPS) is 12.9. The second-order valence-electron chi connectivity index (χ2n) is 4.37. The minimum Gasteiger partial charge on any atom is -0.314 e. The Morgan fingerprint density at radius 2 is 1.50 bits per heavy atom. The van der Waals surface area contributed by atoms with Gasteiger partial charge in [-0.15, -0.1) is 0 Å². The first-order chi connectivity index (χ1) is 9.70. The van der Waals surface area contributed by atoms with Crippen molar-refractivity contribution in [1.82, 2.24) is 0 Å². The fraction of sp³-hybridized carbons (Fsp3) is 0.125. The van der Waals surface area contributed by atoms with Crippen molar-refractivity contribution in [2.75, 3.05) is 6.16 Å². The van der Waals surface area contributed by atoms with Crippen molar-refractivity contribution in [3.05, 3.63) is 60.2 Å². The highest BCUT2D eigenvalue weighted by Gasteiger charge is 2.26. The van der Waals surface area contributed by atoms with Crippen LogP contribution in [0, 0.1) is 22.7 Å². The van der Waals surface area contributed by atoms with Crippen molar-refractivity contribution in [3.63, 3.8) is 0 Å². The number of nitrogens with zero attached hydrogens (tertiary/aromatic N) is 2. The molecule has 0 aliphatic carbocycles. The van der Waals surface area contributed by atoms with Gasteiger partial charge in [0.2, 0.25) is 0 Å². The fourth-order valence-corrected chi connectivity index (χ4v) is 4.57. The summed E-state index contributed by atoms with van der Waals surface area (Å²) in [6.07, 6.45) is 0.561. The third-order valence-corrected chi connectivity index (χ3v) is 6.24.